The number of benzene rings is 2. The molecule has 0 radical (unpaired) electrons. The summed E-state index contributed by atoms with van der Waals surface area (Å²) >= 11 is 0. The number of carbonyl (C=O) groups excluding carboxylic acids is 4. The molecule has 2 aromatic carbocycles. The van der Waals surface area contributed by atoms with Crippen molar-refractivity contribution in [3.63, 3.8) is 0 Å². The summed E-state index contributed by atoms with van der Waals surface area (Å²) < 4.78 is 0. The van der Waals surface area contributed by atoms with Gasteiger partial charge in [0.15, 0.2) is 5.78 Å². The van der Waals surface area contributed by atoms with Gasteiger partial charge in [-0.1, -0.05) is 12.1 Å². The standard InChI is InChI=1S/C24H26N4O4/c1-27(2)18-7-5-17(6-8-18)26-24(32)25-13-15-3-4-16-14-28(23(31)20(16)11-15)21-10-9-19(29)12-22(21)30/h3-8,11,21H,9-10,12-14H2,1-2H3,(H2,25,26,32). The third kappa shape index (κ3) is 4.49. The zero-order valence-corrected chi connectivity index (χ0v) is 18.2. The van der Waals surface area contributed by atoms with Gasteiger partial charge in [0.25, 0.3) is 5.91 Å². The van der Waals surface area contributed by atoms with Crippen molar-refractivity contribution in [2.45, 2.75) is 38.4 Å². The molecule has 3 amide bonds. The minimum atomic E-state index is -0.529. The zero-order valence-electron chi connectivity index (χ0n) is 18.2. The molecule has 1 saturated carbocycles. The molecule has 1 fully saturated rings. The second-order valence-electron chi connectivity index (χ2n) is 8.41. The number of ketones is 2. The molecule has 1 atom stereocenters. The summed E-state index contributed by atoms with van der Waals surface area (Å²) in [7, 11) is 3.90. The van der Waals surface area contributed by atoms with Crippen molar-refractivity contribution >= 4 is 34.9 Å². The SMILES string of the molecule is CN(C)c1ccc(NC(=O)NCc2ccc3c(c2)C(=O)N(C2CCC(=O)CC2=O)C3)cc1. The van der Waals surface area contributed by atoms with Crippen LogP contribution in [0.5, 0.6) is 0 Å². The lowest BCUT2D eigenvalue weighted by atomic mass is 9.92. The molecule has 166 valence electrons. The number of anilines is 2. The molecule has 1 heterocycles. The van der Waals surface area contributed by atoms with Crippen LogP contribution >= 0.6 is 0 Å². The van der Waals surface area contributed by atoms with E-state index in [2.05, 4.69) is 10.6 Å². The number of nitrogens with one attached hydrogen (secondary N) is 2. The van der Waals surface area contributed by atoms with Crippen LogP contribution in [0.3, 0.4) is 0 Å². The van der Waals surface area contributed by atoms with Crippen LogP contribution in [-0.2, 0) is 22.7 Å². The van der Waals surface area contributed by atoms with Crippen molar-refractivity contribution in [3.8, 4) is 0 Å². The molecular weight excluding hydrogens is 408 g/mol. The van der Waals surface area contributed by atoms with Crippen LogP contribution in [-0.4, -0.2) is 48.5 Å². The fourth-order valence-electron chi connectivity index (χ4n) is 4.12. The van der Waals surface area contributed by atoms with Crippen molar-refractivity contribution in [3.05, 3.63) is 59.2 Å². The maximum absolute atomic E-state index is 12.9. The molecule has 8 nitrogen and oxygen atoms in total. The third-order valence-electron chi connectivity index (χ3n) is 5.92. The fourth-order valence-corrected chi connectivity index (χ4v) is 4.12. The number of urea groups is 1. The Morgan fingerprint density at radius 2 is 1.84 bits per heavy atom. The Labute approximate surface area is 186 Å². The van der Waals surface area contributed by atoms with Gasteiger partial charge in [-0.05, 0) is 47.9 Å². The normalized spacial score (nSPS) is 17.9. The molecule has 0 spiro atoms. The lowest BCUT2D eigenvalue weighted by molar-refractivity contribution is -0.133. The first-order valence-electron chi connectivity index (χ1n) is 10.6. The summed E-state index contributed by atoms with van der Waals surface area (Å²) in [5.41, 5.74) is 3.92. The molecule has 1 unspecified atom stereocenters. The molecule has 2 aliphatic rings. The van der Waals surface area contributed by atoms with Crippen molar-refractivity contribution in [2.24, 2.45) is 0 Å². The van der Waals surface area contributed by atoms with E-state index >= 15 is 0 Å². The summed E-state index contributed by atoms with van der Waals surface area (Å²) in [5.74, 6) is -0.435. The van der Waals surface area contributed by atoms with E-state index in [4.69, 9.17) is 0 Å². The van der Waals surface area contributed by atoms with Gasteiger partial charge in [-0.15, -0.1) is 0 Å². The fraction of sp³-hybridized carbons (Fsp3) is 0.333. The van der Waals surface area contributed by atoms with E-state index in [0.717, 1.165) is 16.8 Å². The van der Waals surface area contributed by atoms with Crippen molar-refractivity contribution in [2.75, 3.05) is 24.3 Å². The Balaban J connectivity index is 1.36. The van der Waals surface area contributed by atoms with Crippen LogP contribution in [0, 0.1) is 0 Å². The van der Waals surface area contributed by atoms with E-state index in [9.17, 15) is 19.2 Å². The largest absolute Gasteiger partial charge is 0.378 e. The van der Waals surface area contributed by atoms with Crippen molar-refractivity contribution in [1.29, 1.82) is 0 Å². The predicted molar refractivity (Wildman–Crippen MR) is 121 cm³/mol. The Hall–Kier alpha value is -3.68. The van der Waals surface area contributed by atoms with Gasteiger partial charge in [-0.25, -0.2) is 4.79 Å². The van der Waals surface area contributed by atoms with E-state index < -0.39 is 6.04 Å². The molecule has 1 aliphatic carbocycles. The van der Waals surface area contributed by atoms with Crippen molar-refractivity contribution < 1.29 is 19.2 Å². The van der Waals surface area contributed by atoms with Gasteiger partial charge >= 0.3 is 6.03 Å². The Bertz CT molecular complexity index is 1080. The third-order valence-corrected chi connectivity index (χ3v) is 5.92. The monoisotopic (exact) mass is 434 g/mol. The van der Waals surface area contributed by atoms with Crippen molar-refractivity contribution in [1.82, 2.24) is 10.2 Å². The highest BCUT2D eigenvalue weighted by Crippen LogP contribution is 2.29. The molecule has 2 aromatic rings. The molecule has 2 N–H and O–H groups in total. The van der Waals surface area contributed by atoms with E-state index in [1.54, 1.807) is 11.0 Å². The summed E-state index contributed by atoms with van der Waals surface area (Å²) in [6.07, 6.45) is 0.632. The Morgan fingerprint density at radius 3 is 2.53 bits per heavy atom. The summed E-state index contributed by atoms with van der Waals surface area (Å²) in [5, 5.41) is 5.59. The second kappa shape index (κ2) is 8.82. The number of hydrogen-bond acceptors (Lipinski definition) is 5. The molecule has 32 heavy (non-hydrogen) atoms. The highest BCUT2D eigenvalue weighted by Gasteiger charge is 2.38. The Kier molecular flexibility index (Phi) is 5.94. The average molecular weight is 434 g/mol. The topological polar surface area (TPSA) is 98.8 Å². The van der Waals surface area contributed by atoms with E-state index in [1.807, 2.05) is 55.4 Å². The second-order valence-corrected chi connectivity index (χ2v) is 8.41. The number of amides is 3. The molecular formula is C24H26N4O4. The maximum atomic E-state index is 12.9. The molecule has 1 aliphatic heterocycles. The summed E-state index contributed by atoms with van der Waals surface area (Å²) in [6.45, 7) is 0.634. The number of rotatable bonds is 5. The summed E-state index contributed by atoms with van der Waals surface area (Å²) in [6, 6.07) is 12.1. The van der Waals surface area contributed by atoms with Crippen LogP contribution in [0.4, 0.5) is 16.2 Å². The van der Waals surface area contributed by atoms with E-state index in [0.29, 0.717) is 30.6 Å². The number of fused-ring (bicyclic) bond motifs is 1. The minimum Gasteiger partial charge on any atom is -0.378 e. The molecule has 0 saturated heterocycles. The molecule has 0 aromatic heterocycles. The van der Waals surface area contributed by atoms with Gasteiger partial charge in [0.1, 0.15) is 5.78 Å². The first kappa shape index (κ1) is 21.5. The quantitative estimate of drug-likeness (QED) is 0.705. The first-order valence-corrected chi connectivity index (χ1v) is 10.6. The lowest BCUT2D eigenvalue weighted by Crippen LogP contribution is -2.44. The van der Waals surface area contributed by atoms with Crippen LogP contribution in [0.2, 0.25) is 0 Å². The number of nitrogens with zero attached hydrogens (tertiary/aromatic N) is 2. The summed E-state index contributed by atoms with van der Waals surface area (Å²) in [4.78, 5) is 52.5. The van der Waals surface area contributed by atoms with Gasteiger partial charge in [0.05, 0.1) is 12.5 Å². The van der Waals surface area contributed by atoms with Gasteiger partial charge in [-0.3, -0.25) is 14.4 Å². The van der Waals surface area contributed by atoms with Gasteiger partial charge in [0.2, 0.25) is 0 Å². The van der Waals surface area contributed by atoms with Gasteiger partial charge in [-0.2, -0.15) is 0 Å². The van der Waals surface area contributed by atoms with Gasteiger partial charge < -0.3 is 20.4 Å². The average Bonchev–Trinajstić information content (AvgIpc) is 3.08. The highest BCUT2D eigenvalue weighted by molar-refractivity contribution is 6.07. The zero-order chi connectivity index (χ0) is 22.8. The minimum absolute atomic E-state index is 0.0595. The van der Waals surface area contributed by atoms with Crippen LogP contribution < -0.4 is 15.5 Å². The van der Waals surface area contributed by atoms with Gasteiger partial charge in [0, 0.05) is 50.5 Å². The lowest BCUT2D eigenvalue weighted by Gasteiger charge is -2.29. The predicted octanol–water partition coefficient (Wildman–Crippen LogP) is 2.72. The number of Topliss-reactive ketones (excluding diaryl/α,β-unsaturated/α-hetero) is 2. The number of hydrogen-bond donors (Lipinski definition) is 2. The van der Waals surface area contributed by atoms with Crippen LogP contribution in [0.1, 0.15) is 40.7 Å². The molecule has 4 rings (SSSR count). The molecule has 0 bridgehead atoms. The van der Waals surface area contributed by atoms with Crippen LogP contribution in [0.15, 0.2) is 42.5 Å². The van der Waals surface area contributed by atoms with E-state index in [1.165, 1.54) is 0 Å². The molecule has 8 heteroatoms. The van der Waals surface area contributed by atoms with E-state index in [-0.39, 0.29) is 36.5 Å². The van der Waals surface area contributed by atoms with Crippen LogP contribution in [0.25, 0.3) is 0 Å². The Morgan fingerprint density at radius 1 is 1.09 bits per heavy atom. The maximum Gasteiger partial charge on any atom is 0.319 e. The smallest absolute Gasteiger partial charge is 0.319 e. The highest BCUT2D eigenvalue weighted by atomic mass is 16.2. The first-order chi connectivity index (χ1) is 15.3. The number of carbonyl (C=O) groups is 4.